The molecule has 0 aliphatic heterocycles. The highest BCUT2D eigenvalue weighted by molar-refractivity contribution is 7.17. The number of hydrogen-bond acceptors (Lipinski definition) is 5. The highest BCUT2D eigenvalue weighted by Gasteiger charge is 2.15. The van der Waals surface area contributed by atoms with Gasteiger partial charge < -0.3 is 10.1 Å². The Balaban J connectivity index is 2.11. The number of hydrogen-bond donors (Lipinski definition) is 1. The summed E-state index contributed by atoms with van der Waals surface area (Å²) in [6.45, 7) is 5.51. The molecule has 3 aromatic rings. The zero-order chi connectivity index (χ0) is 16.4. The van der Waals surface area contributed by atoms with Gasteiger partial charge in [0.1, 0.15) is 10.6 Å². The van der Waals surface area contributed by atoms with Gasteiger partial charge in [-0.1, -0.05) is 18.2 Å². The van der Waals surface area contributed by atoms with Crippen LogP contribution in [0.25, 0.3) is 21.3 Å². The summed E-state index contributed by atoms with van der Waals surface area (Å²) >= 11 is 7.63. The maximum atomic E-state index is 6.05. The van der Waals surface area contributed by atoms with Crippen molar-refractivity contribution in [3.05, 3.63) is 40.0 Å². The van der Waals surface area contributed by atoms with Crippen LogP contribution < -0.4 is 5.32 Å². The van der Waals surface area contributed by atoms with Crippen molar-refractivity contribution in [3.8, 4) is 11.1 Å². The molecule has 0 saturated carbocycles. The quantitative estimate of drug-likeness (QED) is 0.537. The van der Waals surface area contributed by atoms with E-state index in [0.29, 0.717) is 13.2 Å². The van der Waals surface area contributed by atoms with Crippen LogP contribution >= 0.6 is 22.9 Å². The van der Waals surface area contributed by atoms with Crippen molar-refractivity contribution in [1.82, 2.24) is 9.97 Å². The van der Waals surface area contributed by atoms with Gasteiger partial charge in [0.25, 0.3) is 0 Å². The van der Waals surface area contributed by atoms with Gasteiger partial charge in [-0.3, -0.25) is 0 Å². The average molecular weight is 348 g/mol. The first kappa shape index (κ1) is 16.2. The van der Waals surface area contributed by atoms with E-state index in [1.807, 2.05) is 0 Å². The molecule has 0 fully saturated rings. The number of nitrogens with one attached hydrogen (secondary N) is 1. The van der Waals surface area contributed by atoms with E-state index in [0.717, 1.165) is 21.6 Å². The van der Waals surface area contributed by atoms with E-state index in [-0.39, 0.29) is 5.28 Å². The Labute approximate surface area is 144 Å². The maximum Gasteiger partial charge on any atom is 0.225 e. The van der Waals surface area contributed by atoms with E-state index in [4.69, 9.17) is 16.3 Å². The van der Waals surface area contributed by atoms with Gasteiger partial charge in [0.05, 0.1) is 12.0 Å². The largest absolute Gasteiger partial charge is 0.383 e. The number of aryl methyl sites for hydroxylation is 2. The number of rotatable bonds is 5. The van der Waals surface area contributed by atoms with Gasteiger partial charge in [-0.15, -0.1) is 11.3 Å². The summed E-state index contributed by atoms with van der Waals surface area (Å²) in [7, 11) is 1.68. The highest BCUT2D eigenvalue weighted by Crippen LogP contribution is 2.38. The fourth-order valence-electron chi connectivity index (χ4n) is 2.44. The predicted octanol–water partition coefficient (Wildman–Crippen LogP) is 4.69. The van der Waals surface area contributed by atoms with Gasteiger partial charge in [0, 0.05) is 24.6 Å². The van der Waals surface area contributed by atoms with Crippen LogP contribution in [0, 0.1) is 13.8 Å². The lowest BCUT2D eigenvalue weighted by Crippen LogP contribution is -2.09. The zero-order valence-electron chi connectivity index (χ0n) is 13.3. The van der Waals surface area contributed by atoms with Crippen molar-refractivity contribution in [2.24, 2.45) is 0 Å². The molecule has 0 spiro atoms. The zero-order valence-corrected chi connectivity index (χ0v) is 14.9. The summed E-state index contributed by atoms with van der Waals surface area (Å²) < 4.78 is 5.09. The topological polar surface area (TPSA) is 47.0 Å². The predicted molar refractivity (Wildman–Crippen MR) is 97.7 cm³/mol. The summed E-state index contributed by atoms with van der Waals surface area (Å²) in [6, 6.07) is 6.48. The molecule has 0 bridgehead atoms. The number of ether oxygens (including phenoxy) is 1. The van der Waals surface area contributed by atoms with Gasteiger partial charge in [-0.2, -0.15) is 0 Å². The Kier molecular flexibility index (Phi) is 4.80. The standard InChI is InChI=1S/C17H18ClN3OS/c1-10-4-5-12(8-11(10)2)13-9-23-16-14(13)15(19-6-7-22-3)20-17(18)21-16/h4-5,8-9H,6-7H2,1-3H3,(H,19,20,21). The van der Waals surface area contributed by atoms with Crippen LogP contribution in [0.5, 0.6) is 0 Å². The summed E-state index contributed by atoms with van der Waals surface area (Å²) in [5.74, 6) is 0.756. The van der Waals surface area contributed by atoms with Crippen LogP contribution in [0.15, 0.2) is 23.6 Å². The molecule has 0 radical (unpaired) electrons. The third-order valence-corrected chi connectivity index (χ3v) is 4.86. The minimum Gasteiger partial charge on any atom is -0.383 e. The molecule has 2 heterocycles. The van der Waals surface area contributed by atoms with E-state index >= 15 is 0 Å². The van der Waals surface area contributed by atoms with Crippen molar-refractivity contribution >= 4 is 39.0 Å². The number of nitrogens with zero attached hydrogens (tertiary/aromatic N) is 2. The first-order valence-corrected chi connectivity index (χ1v) is 8.61. The molecule has 0 atom stereocenters. The molecular weight excluding hydrogens is 330 g/mol. The number of thiophene rings is 1. The molecule has 0 unspecified atom stereocenters. The van der Waals surface area contributed by atoms with E-state index in [1.165, 1.54) is 16.7 Å². The van der Waals surface area contributed by atoms with E-state index in [1.54, 1.807) is 18.4 Å². The lowest BCUT2D eigenvalue weighted by Gasteiger charge is -2.09. The second-order valence-electron chi connectivity index (χ2n) is 5.39. The monoisotopic (exact) mass is 347 g/mol. The summed E-state index contributed by atoms with van der Waals surface area (Å²) in [5.41, 5.74) is 4.85. The molecule has 1 aromatic carbocycles. The SMILES string of the molecule is COCCNc1nc(Cl)nc2scc(-c3ccc(C)c(C)c3)c12. The van der Waals surface area contributed by atoms with Gasteiger partial charge in [0.2, 0.25) is 5.28 Å². The van der Waals surface area contributed by atoms with Gasteiger partial charge in [-0.05, 0) is 42.1 Å². The fraction of sp³-hybridized carbons (Fsp3) is 0.294. The van der Waals surface area contributed by atoms with Crippen molar-refractivity contribution < 1.29 is 4.74 Å². The van der Waals surface area contributed by atoms with E-state index < -0.39 is 0 Å². The van der Waals surface area contributed by atoms with E-state index in [9.17, 15) is 0 Å². The second-order valence-corrected chi connectivity index (χ2v) is 6.59. The van der Waals surface area contributed by atoms with Gasteiger partial charge in [0.15, 0.2) is 0 Å². The van der Waals surface area contributed by atoms with Crippen LogP contribution in [0.4, 0.5) is 5.82 Å². The molecule has 6 heteroatoms. The number of fused-ring (bicyclic) bond motifs is 1. The number of aromatic nitrogens is 2. The number of halogens is 1. The third kappa shape index (κ3) is 3.32. The maximum absolute atomic E-state index is 6.05. The van der Waals surface area contributed by atoms with Crippen molar-refractivity contribution in [3.63, 3.8) is 0 Å². The van der Waals surface area contributed by atoms with Crippen LogP contribution in [-0.4, -0.2) is 30.2 Å². The molecule has 23 heavy (non-hydrogen) atoms. The Morgan fingerprint density at radius 3 is 2.78 bits per heavy atom. The minimum atomic E-state index is 0.255. The smallest absolute Gasteiger partial charge is 0.225 e. The van der Waals surface area contributed by atoms with Crippen LogP contribution in [0.2, 0.25) is 5.28 Å². The fourth-order valence-corrected chi connectivity index (χ4v) is 3.60. The molecule has 4 nitrogen and oxygen atoms in total. The second kappa shape index (κ2) is 6.83. The summed E-state index contributed by atoms with van der Waals surface area (Å²) in [6.07, 6.45) is 0. The lowest BCUT2D eigenvalue weighted by atomic mass is 10.0. The minimum absolute atomic E-state index is 0.255. The van der Waals surface area contributed by atoms with E-state index in [2.05, 4.69) is 52.7 Å². The molecule has 0 aliphatic rings. The number of anilines is 1. The first-order valence-electron chi connectivity index (χ1n) is 7.35. The Hall–Kier alpha value is -1.69. The normalized spacial score (nSPS) is 11.1. The third-order valence-electron chi connectivity index (χ3n) is 3.82. The molecule has 2 aromatic heterocycles. The Morgan fingerprint density at radius 1 is 1.22 bits per heavy atom. The van der Waals surface area contributed by atoms with Crippen LogP contribution in [0.1, 0.15) is 11.1 Å². The van der Waals surface area contributed by atoms with Crippen molar-refractivity contribution in [2.75, 3.05) is 25.6 Å². The Morgan fingerprint density at radius 2 is 2.04 bits per heavy atom. The van der Waals surface area contributed by atoms with Crippen molar-refractivity contribution in [1.29, 1.82) is 0 Å². The molecule has 3 rings (SSSR count). The van der Waals surface area contributed by atoms with Crippen LogP contribution in [0.3, 0.4) is 0 Å². The molecule has 0 amide bonds. The molecule has 0 saturated heterocycles. The Bertz CT molecular complexity index is 847. The molecule has 0 aliphatic carbocycles. The molecule has 1 N–H and O–H groups in total. The van der Waals surface area contributed by atoms with Crippen molar-refractivity contribution in [2.45, 2.75) is 13.8 Å². The first-order chi connectivity index (χ1) is 11.1. The lowest BCUT2D eigenvalue weighted by molar-refractivity contribution is 0.210. The summed E-state index contributed by atoms with van der Waals surface area (Å²) in [4.78, 5) is 9.61. The molecular formula is C17H18ClN3OS. The van der Waals surface area contributed by atoms with Gasteiger partial charge in [-0.25, -0.2) is 9.97 Å². The van der Waals surface area contributed by atoms with Gasteiger partial charge >= 0.3 is 0 Å². The van der Waals surface area contributed by atoms with Crippen LogP contribution in [-0.2, 0) is 4.74 Å². The molecule has 120 valence electrons. The average Bonchev–Trinajstić information content (AvgIpc) is 2.94. The highest BCUT2D eigenvalue weighted by atomic mass is 35.5. The number of benzene rings is 1. The summed E-state index contributed by atoms with van der Waals surface area (Å²) in [5, 5.41) is 6.68. The number of methoxy groups -OCH3 is 1.